The van der Waals surface area contributed by atoms with Crippen molar-refractivity contribution in [2.75, 3.05) is 6.54 Å². The highest BCUT2D eigenvalue weighted by Crippen LogP contribution is 2.46. The molecule has 4 atom stereocenters. The number of alkyl halides is 1. The lowest BCUT2D eigenvalue weighted by atomic mass is 9.88. The number of hydrogen-bond donors (Lipinski definition) is 1. The van der Waals surface area contributed by atoms with Gasteiger partial charge in [0, 0.05) is 0 Å². The van der Waals surface area contributed by atoms with Crippen molar-refractivity contribution in [3.63, 3.8) is 0 Å². The average Bonchev–Trinajstić information content (AvgIpc) is 2.64. The van der Waals surface area contributed by atoms with E-state index in [0.717, 1.165) is 6.42 Å². The minimum atomic E-state index is -0.657. The Kier molecular flexibility index (Phi) is 2.18. The summed E-state index contributed by atoms with van der Waals surface area (Å²) in [7, 11) is 0. The van der Waals surface area contributed by atoms with Crippen LogP contribution in [0.15, 0.2) is 12.2 Å². The van der Waals surface area contributed by atoms with Crippen LogP contribution in [0.25, 0.3) is 0 Å². The number of fused-ring (bicyclic) bond motifs is 2. The molecular weight excluding hydrogens is 153 g/mol. The number of allylic oxidation sites excluding steroid dienone is 2. The first-order valence-electron chi connectivity index (χ1n) is 4.83. The van der Waals surface area contributed by atoms with Crippen LogP contribution in [0.4, 0.5) is 4.39 Å². The molecule has 2 aliphatic rings. The van der Waals surface area contributed by atoms with Crippen LogP contribution in [0.2, 0.25) is 0 Å². The van der Waals surface area contributed by atoms with Crippen LogP contribution in [0.5, 0.6) is 0 Å². The van der Waals surface area contributed by atoms with E-state index in [9.17, 15) is 4.39 Å². The van der Waals surface area contributed by atoms with Crippen LogP contribution in [0.1, 0.15) is 19.3 Å². The van der Waals surface area contributed by atoms with Gasteiger partial charge in [-0.3, -0.25) is 0 Å². The van der Waals surface area contributed by atoms with Crippen molar-refractivity contribution < 1.29 is 4.39 Å². The topological polar surface area (TPSA) is 26.0 Å². The molecule has 68 valence electrons. The smallest absolute Gasteiger partial charge is 0.105 e. The summed E-state index contributed by atoms with van der Waals surface area (Å²) in [5.41, 5.74) is 5.34. The predicted molar refractivity (Wildman–Crippen MR) is 47.4 cm³/mol. The zero-order valence-corrected chi connectivity index (χ0v) is 7.25. The van der Waals surface area contributed by atoms with Crippen LogP contribution in [-0.2, 0) is 0 Å². The summed E-state index contributed by atoms with van der Waals surface area (Å²) < 4.78 is 13.5. The Labute approximate surface area is 72.8 Å². The molecule has 0 amide bonds. The summed E-state index contributed by atoms with van der Waals surface area (Å²) in [6.45, 7) is 0.485. The van der Waals surface area contributed by atoms with E-state index in [1.165, 1.54) is 6.42 Å². The minimum absolute atomic E-state index is 0.281. The first-order valence-corrected chi connectivity index (χ1v) is 4.83. The highest BCUT2D eigenvalue weighted by atomic mass is 19.1. The Hall–Kier alpha value is -0.370. The van der Waals surface area contributed by atoms with Gasteiger partial charge in [0.05, 0.1) is 0 Å². The number of rotatable bonds is 3. The largest absolute Gasteiger partial charge is 0.330 e. The monoisotopic (exact) mass is 169 g/mol. The number of nitrogens with two attached hydrogens (primary N) is 1. The lowest BCUT2D eigenvalue weighted by Gasteiger charge is -2.21. The molecule has 0 aromatic rings. The summed E-state index contributed by atoms with van der Waals surface area (Å²) >= 11 is 0. The van der Waals surface area contributed by atoms with E-state index in [1.807, 2.05) is 0 Å². The molecular formula is C10H16FN. The molecule has 2 aliphatic carbocycles. The van der Waals surface area contributed by atoms with Gasteiger partial charge in [0.25, 0.3) is 0 Å². The van der Waals surface area contributed by atoms with Crippen LogP contribution in [0.3, 0.4) is 0 Å². The molecule has 2 rings (SSSR count). The molecule has 0 radical (unpaired) electrons. The van der Waals surface area contributed by atoms with Gasteiger partial charge in [-0.1, -0.05) is 12.2 Å². The van der Waals surface area contributed by atoms with Crippen molar-refractivity contribution in [2.24, 2.45) is 23.5 Å². The molecule has 1 nitrogen and oxygen atoms in total. The molecule has 0 aromatic carbocycles. The Balaban J connectivity index is 1.93. The fourth-order valence-corrected chi connectivity index (χ4v) is 2.61. The third kappa shape index (κ3) is 1.28. The van der Waals surface area contributed by atoms with E-state index in [-0.39, 0.29) is 5.92 Å². The van der Waals surface area contributed by atoms with Crippen LogP contribution >= 0.6 is 0 Å². The molecule has 2 bridgehead atoms. The Bertz CT molecular complexity index is 190. The third-order valence-electron chi connectivity index (χ3n) is 3.24. The molecule has 1 saturated carbocycles. The van der Waals surface area contributed by atoms with Gasteiger partial charge in [-0.15, -0.1) is 0 Å². The van der Waals surface area contributed by atoms with E-state index >= 15 is 0 Å². The normalized spacial score (nSPS) is 40.7. The second-order valence-electron chi connectivity index (χ2n) is 4.04. The first kappa shape index (κ1) is 8.24. The quantitative estimate of drug-likeness (QED) is 0.641. The average molecular weight is 169 g/mol. The molecule has 2 N–H and O–H groups in total. The van der Waals surface area contributed by atoms with E-state index in [2.05, 4.69) is 12.2 Å². The summed E-state index contributed by atoms with van der Waals surface area (Å²) in [4.78, 5) is 0. The lowest BCUT2D eigenvalue weighted by molar-refractivity contribution is 0.191. The Morgan fingerprint density at radius 2 is 2.25 bits per heavy atom. The molecule has 0 spiro atoms. The van der Waals surface area contributed by atoms with E-state index in [1.54, 1.807) is 0 Å². The van der Waals surface area contributed by atoms with Gasteiger partial charge in [0.1, 0.15) is 6.17 Å². The fraction of sp³-hybridized carbons (Fsp3) is 0.800. The molecule has 0 saturated heterocycles. The highest BCUT2D eigenvalue weighted by molar-refractivity contribution is 5.11. The van der Waals surface area contributed by atoms with Crippen LogP contribution in [0, 0.1) is 17.8 Å². The van der Waals surface area contributed by atoms with E-state index in [0.29, 0.717) is 24.8 Å². The molecule has 12 heavy (non-hydrogen) atoms. The molecule has 0 aliphatic heterocycles. The first-order chi connectivity index (χ1) is 5.81. The molecule has 4 unspecified atom stereocenters. The maximum atomic E-state index is 13.5. The van der Waals surface area contributed by atoms with Gasteiger partial charge in [-0.05, 0) is 43.6 Å². The van der Waals surface area contributed by atoms with Crippen molar-refractivity contribution in [1.29, 1.82) is 0 Å². The molecule has 2 heteroatoms. The Morgan fingerprint density at radius 1 is 1.42 bits per heavy atom. The zero-order chi connectivity index (χ0) is 8.55. The van der Waals surface area contributed by atoms with Gasteiger partial charge in [0.2, 0.25) is 0 Å². The maximum absolute atomic E-state index is 13.5. The molecule has 1 fully saturated rings. The van der Waals surface area contributed by atoms with Crippen LogP contribution in [-0.4, -0.2) is 12.7 Å². The summed E-state index contributed by atoms with van der Waals surface area (Å²) in [6.07, 6.45) is 6.58. The maximum Gasteiger partial charge on any atom is 0.105 e. The van der Waals surface area contributed by atoms with Gasteiger partial charge >= 0.3 is 0 Å². The minimum Gasteiger partial charge on any atom is -0.330 e. The van der Waals surface area contributed by atoms with Crippen molar-refractivity contribution in [1.82, 2.24) is 0 Å². The lowest BCUT2D eigenvalue weighted by Crippen LogP contribution is -2.23. The third-order valence-corrected chi connectivity index (χ3v) is 3.24. The van der Waals surface area contributed by atoms with Crippen molar-refractivity contribution >= 4 is 0 Å². The Morgan fingerprint density at radius 3 is 2.75 bits per heavy atom. The van der Waals surface area contributed by atoms with E-state index in [4.69, 9.17) is 5.73 Å². The summed E-state index contributed by atoms with van der Waals surface area (Å²) in [6, 6.07) is 0. The molecule has 0 aromatic heterocycles. The zero-order valence-electron chi connectivity index (χ0n) is 7.25. The van der Waals surface area contributed by atoms with E-state index < -0.39 is 6.17 Å². The van der Waals surface area contributed by atoms with Crippen molar-refractivity contribution in [3.8, 4) is 0 Å². The summed E-state index contributed by atoms with van der Waals surface area (Å²) in [5.74, 6) is 1.48. The second-order valence-corrected chi connectivity index (χ2v) is 4.04. The summed E-state index contributed by atoms with van der Waals surface area (Å²) in [5, 5.41) is 0. The fourth-order valence-electron chi connectivity index (χ4n) is 2.61. The van der Waals surface area contributed by atoms with Gasteiger partial charge in [-0.2, -0.15) is 0 Å². The SMILES string of the molecule is NCCC(F)C1CC2C=CC1C2. The number of hydrogen-bond acceptors (Lipinski definition) is 1. The van der Waals surface area contributed by atoms with Gasteiger partial charge in [0.15, 0.2) is 0 Å². The van der Waals surface area contributed by atoms with Crippen LogP contribution < -0.4 is 5.73 Å². The number of halogens is 1. The highest BCUT2D eigenvalue weighted by Gasteiger charge is 2.39. The van der Waals surface area contributed by atoms with Gasteiger partial charge in [-0.25, -0.2) is 4.39 Å². The van der Waals surface area contributed by atoms with Crippen molar-refractivity contribution in [3.05, 3.63) is 12.2 Å². The second kappa shape index (κ2) is 3.17. The molecule has 0 heterocycles. The predicted octanol–water partition coefficient (Wildman–Crippen LogP) is 1.89. The standard InChI is InChI=1S/C10H16FN/c11-10(3-4-12)9-6-7-1-2-8(9)5-7/h1-2,7-10H,3-6,12H2. The van der Waals surface area contributed by atoms with Crippen molar-refractivity contribution in [2.45, 2.75) is 25.4 Å². The van der Waals surface area contributed by atoms with Gasteiger partial charge < -0.3 is 5.73 Å².